The van der Waals surface area contributed by atoms with Gasteiger partial charge in [0.1, 0.15) is 5.88 Å². The summed E-state index contributed by atoms with van der Waals surface area (Å²) in [5.74, 6) is 2.57. The van der Waals surface area contributed by atoms with E-state index in [4.69, 9.17) is 16.0 Å². The Kier molecular flexibility index (Phi) is 3.23. The zero-order valence-electron chi connectivity index (χ0n) is 9.94. The summed E-state index contributed by atoms with van der Waals surface area (Å²) in [4.78, 5) is 2.23. The third-order valence-electron chi connectivity index (χ3n) is 4.13. The van der Waals surface area contributed by atoms with Crippen LogP contribution in [0.25, 0.3) is 0 Å². The highest BCUT2D eigenvalue weighted by Gasteiger charge is 2.32. The number of hydrogen-bond donors (Lipinski definition) is 0. The van der Waals surface area contributed by atoms with Crippen molar-refractivity contribution in [2.75, 3.05) is 18.0 Å². The quantitative estimate of drug-likeness (QED) is 0.762. The molecule has 2 aliphatic rings. The maximum Gasteiger partial charge on any atom is 0.318 e. The molecule has 2 fully saturated rings. The van der Waals surface area contributed by atoms with Crippen molar-refractivity contribution in [3.8, 4) is 0 Å². The van der Waals surface area contributed by atoms with Crippen molar-refractivity contribution >= 4 is 17.6 Å². The average molecular weight is 256 g/mol. The lowest BCUT2D eigenvalue weighted by Gasteiger charge is -2.40. The van der Waals surface area contributed by atoms with Gasteiger partial charge in [-0.15, -0.1) is 16.7 Å². The number of hydrogen-bond acceptors (Lipinski definition) is 4. The molecule has 0 spiro atoms. The van der Waals surface area contributed by atoms with Crippen molar-refractivity contribution in [1.29, 1.82) is 0 Å². The number of rotatable bonds is 2. The first-order chi connectivity index (χ1) is 8.36. The van der Waals surface area contributed by atoms with Gasteiger partial charge in [0.25, 0.3) is 0 Å². The van der Waals surface area contributed by atoms with Gasteiger partial charge in [0.05, 0.1) is 0 Å². The summed E-state index contributed by atoms with van der Waals surface area (Å²) in [5.41, 5.74) is 0. The highest BCUT2D eigenvalue weighted by atomic mass is 35.5. The third-order valence-corrected chi connectivity index (χ3v) is 4.36. The Morgan fingerprint density at radius 3 is 2.76 bits per heavy atom. The summed E-state index contributed by atoms with van der Waals surface area (Å²) in [6, 6.07) is 0.657. The normalized spacial score (nSPS) is 29.1. The van der Waals surface area contributed by atoms with E-state index in [0.29, 0.717) is 17.8 Å². The molecule has 2 atom stereocenters. The third kappa shape index (κ3) is 2.28. The number of nitrogens with zero attached hydrogens (tertiary/aromatic N) is 3. The summed E-state index contributed by atoms with van der Waals surface area (Å²) in [7, 11) is 0. The van der Waals surface area contributed by atoms with Gasteiger partial charge in [-0.1, -0.05) is 24.4 Å². The molecule has 1 aromatic rings. The second kappa shape index (κ2) is 4.84. The van der Waals surface area contributed by atoms with Crippen LogP contribution < -0.4 is 4.90 Å². The zero-order chi connectivity index (χ0) is 11.7. The second-order valence-electron chi connectivity index (χ2n) is 5.15. The minimum absolute atomic E-state index is 0.299. The molecular weight excluding hydrogens is 238 g/mol. The minimum atomic E-state index is 0.299. The summed E-state index contributed by atoms with van der Waals surface area (Å²) >= 11 is 5.68. The number of anilines is 1. The fraction of sp³-hybridized carbons (Fsp3) is 0.833. The van der Waals surface area contributed by atoms with Crippen LogP contribution in [0.5, 0.6) is 0 Å². The molecule has 0 radical (unpaired) electrons. The lowest BCUT2D eigenvalue weighted by Crippen LogP contribution is -2.42. The van der Waals surface area contributed by atoms with E-state index in [0.717, 1.165) is 24.9 Å². The maximum absolute atomic E-state index is 5.68. The van der Waals surface area contributed by atoms with Crippen molar-refractivity contribution in [3.63, 3.8) is 0 Å². The number of halogens is 1. The fourth-order valence-corrected chi connectivity index (χ4v) is 3.31. The topological polar surface area (TPSA) is 42.2 Å². The molecule has 1 aliphatic heterocycles. The van der Waals surface area contributed by atoms with Gasteiger partial charge in [-0.05, 0) is 24.7 Å². The van der Waals surface area contributed by atoms with E-state index in [1.165, 1.54) is 32.1 Å². The largest absolute Gasteiger partial charge is 0.407 e. The van der Waals surface area contributed by atoms with Gasteiger partial charge in [-0.2, -0.15) is 0 Å². The molecule has 0 N–H and O–H groups in total. The average Bonchev–Trinajstić information content (AvgIpc) is 2.87. The van der Waals surface area contributed by atoms with E-state index in [-0.39, 0.29) is 0 Å². The predicted octanol–water partition coefficient (Wildman–Crippen LogP) is 2.82. The molecular formula is C12H18ClN3O. The van der Waals surface area contributed by atoms with Crippen LogP contribution in [0.2, 0.25) is 0 Å². The molecule has 0 amide bonds. The van der Waals surface area contributed by atoms with Gasteiger partial charge in [0.2, 0.25) is 5.89 Å². The van der Waals surface area contributed by atoms with E-state index >= 15 is 0 Å². The van der Waals surface area contributed by atoms with Crippen LogP contribution >= 0.6 is 11.6 Å². The Morgan fingerprint density at radius 2 is 2.00 bits per heavy atom. The zero-order valence-corrected chi connectivity index (χ0v) is 10.7. The minimum Gasteiger partial charge on any atom is -0.407 e. The van der Waals surface area contributed by atoms with Crippen LogP contribution in [0.3, 0.4) is 0 Å². The molecule has 4 nitrogen and oxygen atoms in total. The lowest BCUT2D eigenvalue weighted by molar-refractivity contribution is 0.198. The van der Waals surface area contributed by atoms with Crippen LogP contribution in [-0.4, -0.2) is 23.3 Å². The van der Waals surface area contributed by atoms with Crippen LogP contribution in [0.1, 0.15) is 38.0 Å². The molecule has 0 bridgehead atoms. The standard InChI is InChI=1S/C12H18ClN3O/c13-7-11-14-15-12(17-11)16-6-5-9-3-1-2-4-10(9)8-16/h9-10H,1-8H2. The smallest absolute Gasteiger partial charge is 0.318 e. The monoisotopic (exact) mass is 255 g/mol. The second-order valence-corrected chi connectivity index (χ2v) is 5.42. The van der Waals surface area contributed by atoms with Crippen LogP contribution in [0.4, 0.5) is 6.01 Å². The van der Waals surface area contributed by atoms with Gasteiger partial charge >= 0.3 is 6.01 Å². The Hall–Kier alpha value is -0.770. The number of fused-ring (bicyclic) bond motifs is 1. The van der Waals surface area contributed by atoms with E-state index in [2.05, 4.69) is 15.1 Å². The molecule has 5 heteroatoms. The molecule has 1 saturated heterocycles. The Balaban J connectivity index is 1.68. The van der Waals surface area contributed by atoms with Gasteiger partial charge in [0, 0.05) is 13.1 Å². The summed E-state index contributed by atoms with van der Waals surface area (Å²) in [5, 5.41) is 8.00. The van der Waals surface area contributed by atoms with E-state index in [9.17, 15) is 0 Å². The molecule has 3 rings (SSSR count). The van der Waals surface area contributed by atoms with E-state index < -0.39 is 0 Å². The highest BCUT2D eigenvalue weighted by molar-refractivity contribution is 6.16. The number of alkyl halides is 1. The van der Waals surface area contributed by atoms with Crippen LogP contribution in [0.15, 0.2) is 4.42 Å². The van der Waals surface area contributed by atoms with Crippen molar-refractivity contribution in [2.45, 2.75) is 38.0 Å². The molecule has 1 aromatic heterocycles. The summed E-state index contributed by atoms with van der Waals surface area (Å²) in [6.45, 7) is 2.12. The Morgan fingerprint density at radius 1 is 1.18 bits per heavy atom. The Bertz CT molecular complexity index is 382. The van der Waals surface area contributed by atoms with Gasteiger partial charge in [-0.3, -0.25) is 0 Å². The highest BCUT2D eigenvalue weighted by Crippen LogP contribution is 2.37. The molecule has 2 unspecified atom stereocenters. The van der Waals surface area contributed by atoms with Crippen molar-refractivity contribution in [3.05, 3.63) is 5.89 Å². The predicted molar refractivity (Wildman–Crippen MR) is 66.1 cm³/mol. The first-order valence-electron chi connectivity index (χ1n) is 6.50. The number of piperidine rings is 1. The van der Waals surface area contributed by atoms with Gasteiger partial charge in [0.15, 0.2) is 0 Å². The van der Waals surface area contributed by atoms with Crippen LogP contribution in [-0.2, 0) is 5.88 Å². The van der Waals surface area contributed by atoms with Crippen molar-refractivity contribution in [1.82, 2.24) is 10.2 Å². The molecule has 17 heavy (non-hydrogen) atoms. The SMILES string of the molecule is ClCc1nnc(N2CCC3CCCCC3C2)o1. The Labute approximate surface area is 106 Å². The molecule has 1 aliphatic carbocycles. The molecule has 1 saturated carbocycles. The van der Waals surface area contributed by atoms with E-state index in [1.54, 1.807) is 0 Å². The first-order valence-corrected chi connectivity index (χ1v) is 7.03. The molecule has 2 heterocycles. The van der Waals surface area contributed by atoms with Gasteiger partial charge < -0.3 is 9.32 Å². The van der Waals surface area contributed by atoms with E-state index in [1.807, 2.05) is 0 Å². The fourth-order valence-electron chi connectivity index (χ4n) is 3.20. The van der Waals surface area contributed by atoms with Crippen LogP contribution in [0, 0.1) is 11.8 Å². The van der Waals surface area contributed by atoms with Crippen molar-refractivity contribution in [2.24, 2.45) is 11.8 Å². The molecule has 0 aromatic carbocycles. The van der Waals surface area contributed by atoms with Gasteiger partial charge in [-0.25, -0.2) is 0 Å². The first kappa shape index (κ1) is 11.3. The molecule has 94 valence electrons. The number of aromatic nitrogens is 2. The summed E-state index contributed by atoms with van der Waals surface area (Å²) in [6.07, 6.45) is 6.83. The maximum atomic E-state index is 5.68. The van der Waals surface area contributed by atoms with Crippen molar-refractivity contribution < 1.29 is 4.42 Å². The summed E-state index contributed by atoms with van der Waals surface area (Å²) < 4.78 is 5.52. The lowest BCUT2D eigenvalue weighted by atomic mass is 9.75.